The Morgan fingerprint density at radius 3 is 2.88 bits per heavy atom. The van der Waals surface area contributed by atoms with Crippen LogP contribution in [0.15, 0.2) is 23.2 Å². The molecule has 0 radical (unpaired) electrons. The number of hydrogen-bond acceptors (Lipinski definition) is 3. The van der Waals surface area contributed by atoms with E-state index in [1.54, 1.807) is 20.0 Å². The zero-order valence-corrected chi connectivity index (χ0v) is 9.23. The Hall–Kier alpha value is -2.11. The summed E-state index contributed by atoms with van der Waals surface area (Å²) < 4.78 is 0. The van der Waals surface area contributed by atoms with E-state index in [2.05, 4.69) is 10.3 Å². The largest absolute Gasteiger partial charge is 0.370 e. The summed E-state index contributed by atoms with van der Waals surface area (Å²) in [6, 6.07) is 4.95. The predicted octanol–water partition coefficient (Wildman–Crippen LogP) is 0.937. The molecule has 0 heterocycles. The van der Waals surface area contributed by atoms with Crippen LogP contribution >= 0.6 is 0 Å². The molecule has 0 amide bonds. The van der Waals surface area contributed by atoms with Gasteiger partial charge in [-0.2, -0.15) is 0 Å². The number of nitrogens with two attached hydrogens (primary N) is 1. The third-order valence-electron chi connectivity index (χ3n) is 2.31. The highest BCUT2D eigenvalue weighted by molar-refractivity contribution is 5.77. The number of nitro benzene ring substituents is 1. The maximum Gasteiger partial charge on any atom is 0.272 e. The fourth-order valence-electron chi connectivity index (χ4n) is 1.32. The lowest BCUT2D eigenvalue weighted by Gasteiger charge is -2.07. The third kappa shape index (κ3) is 2.69. The molecule has 0 aliphatic rings. The van der Waals surface area contributed by atoms with Crippen molar-refractivity contribution >= 4 is 11.6 Å². The van der Waals surface area contributed by atoms with E-state index >= 15 is 0 Å². The van der Waals surface area contributed by atoms with E-state index in [-0.39, 0.29) is 5.69 Å². The Kier molecular flexibility index (Phi) is 3.82. The Morgan fingerprint density at radius 2 is 2.31 bits per heavy atom. The van der Waals surface area contributed by atoms with Crippen LogP contribution in [-0.4, -0.2) is 17.9 Å². The van der Waals surface area contributed by atoms with E-state index in [1.165, 1.54) is 6.07 Å². The molecule has 6 heteroatoms. The molecule has 0 saturated heterocycles. The summed E-state index contributed by atoms with van der Waals surface area (Å²) >= 11 is 0. The van der Waals surface area contributed by atoms with Crippen LogP contribution in [0.5, 0.6) is 0 Å². The van der Waals surface area contributed by atoms with Gasteiger partial charge in [-0.25, -0.2) is 0 Å². The van der Waals surface area contributed by atoms with Crippen LogP contribution in [0.25, 0.3) is 0 Å². The van der Waals surface area contributed by atoms with Crippen LogP contribution in [0.3, 0.4) is 0 Å². The average Bonchev–Trinajstić information content (AvgIpc) is 2.26. The van der Waals surface area contributed by atoms with E-state index in [4.69, 9.17) is 5.73 Å². The van der Waals surface area contributed by atoms with Gasteiger partial charge in [-0.1, -0.05) is 12.1 Å². The number of benzene rings is 1. The number of aliphatic imine (C=N–C) groups is 1. The minimum atomic E-state index is -0.393. The number of nitrogens with one attached hydrogen (secondary N) is 1. The van der Waals surface area contributed by atoms with Crippen molar-refractivity contribution in [2.45, 2.75) is 13.5 Å². The van der Waals surface area contributed by atoms with Gasteiger partial charge in [0.2, 0.25) is 0 Å². The molecule has 86 valence electrons. The number of nitrogens with zero attached hydrogens (tertiary/aromatic N) is 2. The van der Waals surface area contributed by atoms with Crippen LogP contribution < -0.4 is 11.1 Å². The number of nitro groups is 1. The van der Waals surface area contributed by atoms with Gasteiger partial charge in [-0.3, -0.25) is 15.1 Å². The van der Waals surface area contributed by atoms with Gasteiger partial charge in [0.25, 0.3) is 5.69 Å². The summed E-state index contributed by atoms with van der Waals surface area (Å²) in [5.41, 5.74) is 7.07. The topological polar surface area (TPSA) is 93.5 Å². The summed E-state index contributed by atoms with van der Waals surface area (Å²) in [5, 5.41) is 13.6. The Morgan fingerprint density at radius 1 is 1.62 bits per heavy atom. The first-order valence-corrected chi connectivity index (χ1v) is 4.75. The van der Waals surface area contributed by atoms with E-state index in [9.17, 15) is 10.1 Å². The number of hydrogen-bond donors (Lipinski definition) is 2. The van der Waals surface area contributed by atoms with Gasteiger partial charge in [0.1, 0.15) is 0 Å². The first-order chi connectivity index (χ1) is 7.56. The smallest absolute Gasteiger partial charge is 0.272 e. The molecule has 1 aromatic carbocycles. The zero-order chi connectivity index (χ0) is 12.1. The van der Waals surface area contributed by atoms with Crippen LogP contribution in [0.4, 0.5) is 5.69 Å². The van der Waals surface area contributed by atoms with Gasteiger partial charge in [0.05, 0.1) is 4.92 Å². The van der Waals surface area contributed by atoms with Gasteiger partial charge in [-0.15, -0.1) is 0 Å². The molecule has 0 aromatic heterocycles. The Balaban J connectivity index is 2.89. The van der Waals surface area contributed by atoms with Crippen LogP contribution in [0.2, 0.25) is 0 Å². The van der Waals surface area contributed by atoms with Crippen molar-refractivity contribution in [2.24, 2.45) is 10.7 Å². The van der Waals surface area contributed by atoms with Gasteiger partial charge in [0.15, 0.2) is 5.96 Å². The zero-order valence-electron chi connectivity index (χ0n) is 9.23. The minimum absolute atomic E-state index is 0.117. The molecule has 6 nitrogen and oxygen atoms in total. The summed E-state index contributed by atoms with van der Waals surface area (Å²) in [5.74, 6) is 0.311. The fraction of sp³-hybridized carbons (Fsp3) is 0.300. The highest BCUT2D eigenvalue weighted by atomic mass is 16.6. The third-order valence-corrected chi connectivity index (χ3v) is 2.31. The molecule has 0 spiro atoms. The lowest BCUT2D eigenvalue weighted by atomic mass is 10.1. The van der Waals surface area contributed by atoms with Gasteiger partial charge in [0, 0.05) is 25.2 Å². The molecule has 1 aromatic rings. The molecular formula is C10H14N4O2. The Bertz CT molecular complexity index is 429. The Labute approximate surface area is 93.3 Å². The van der Waals surface area contributed by atoms with Gasteiger partial charge < -0.3 is 11.1 Å². The molecule has 0 saturated carbocycles. The first kappa shape index (κ1) is 12.0. The molecule has 0 atom stereocenters. The molecule has 0 fully saturated rings. The van der Waals surface area contributed by atoms with E-state index < -0.39 is 4.92 Å². The van der Waals surface area contributed by atoms with E-state index in [1.807, 2.05) is 6.07 Å². The molecule has 1 rings (SSSR count). The van der Waals surface area contributed by atoms with Crippen molar-refractivity contribution in [1.29, 1.82) is 0 Å². The van der Waals surface area contributed by atoms with E-state index in [0.717, 1.165) is 5.56 Å². The standard InChI is InChI=1S/C10H14N4O2/c1-7-8(6-13-10(11)12-2)4-3-5-9(7)14(15)16/h3-5H,6H2,1-2H3,(H3,11,12,13). The SMILES string of the molecule is CN=C(N)NCc1cccc([N+](=O)[O-])c1C. The van der Waals surface area contributed by atoms with Crippen molar-refractivity contribution < 1.29 is 4.92 Å². The molecular weight excluding hydrogens is 208 g/mol. The normalized spacial score (nSPS) is 11.2. The second-order valence-electron chi connectivity index (χ2n) is 3.28. The minimum Gasteiger partial charge on any atom is -0.370 e. The predicted molar refractivity (Wildman–Crippen MR) is 62.2 cm³/mol. The average molecular weight is 222 g/mol. The highest BCUT2D eigenvalue weighted by Crippen LogP contribution is 2.20. The summed E-state index contributed by atoms with van der Waals surface area (Å²) in [4.78, 5) is 14.1. The van der Waals surface area contributed by atoms with Crippen molar-refractivity contribution in [3.8, 4) is 0 Å². The fourth-order valence-corrected chi connectivity index (χ4v) is 1.32. The molecule has 3 N–H and O–H groups in total. The second-order valence-corrected chi connectivity index (χ2v) is 3.28. The van der Waals surface area contributed by atoms with Crippen molar-refractivity contribution in [2.75, 3.05) is 7.05 Å². The summed E-state index contributed by atoms with van der Waals surface area (Å²) in [6.07, 6.45) is 0. The quantitative estimate of drug-likeness (QED) is 0.344. The van der Waals surface area contributed by atoms with Gasteiger partial charge in [-0.05, 0) is 12.5 Å². The maximum absolute atomic E-state index is 10.7. The summed E-state index contributed by atoms with van der Waals surface area (Å²) in [6.45, 7) is 2.14. The second kappa shape index (κ2) is 5.11. The lowest BCUT2D eigenvalue weighted by molar-refractivity contribution is -0.385. The van der Waals surface area contributed by atoms with Crippen LogP contribution in [0, 0.1) is 17.0 Å². The monoisotopic (exact) mass is 222 g/mol. The first-order valence-electron chi connectivity index (χ1n) is 4.75. The van der Waals surface area contributed by atoms with Gasteiger partial charge >= 0.3 is 0 Å². The van der Waals surface area contributed by atoms with Crippen molar-refractivity contribution in [3.63, 3.8) is 0 Å². The molecule has 0 aliphatic carbocycles. The lowest BCUT2D eigenvalue weighted by Crippen LogP contribution is -2.31. The van der Waals surface area contributed by atoms with Crippen molar-refractivity contribution in [3.05, 3.63) is 39.4 Å². The number of rotatable bonds is 3. The van der Waals surface area contributed by atoms with Crippen LogP contribution in [-0.2, 0) is 6.54 Å². The molecule has 0 aliphatic heterocycles. The van der Waals surface area contributed by atoms with Crippen LogP contribution in [0.1, 0.15) is 11.1 Å². The highest BCUT2D eigenvalue weighted by Gasteiger charge is 2.12. The molecule has 0 unspecified atom stereocenters. The summed E-state index contributed by atoms with van der Waals surface area (Å²) in [7, 11) is 1.57. The van der Waals surface area contributed by atoms with Crippen molar-refractivity contribution in [1.82, 2.24) is 5.32 Å². The molecule has 16 heavy (non-hydrogen) atoms. The maximum atomic E-state index is 10.7. The molecule has 0 bridgehead atoms. The number of guanidine groups is 1. The van der Waals surface area contributed by atoms with E-state index in [0.29, 0.717) is 18.1 Å².